The normalized spacial score (nSPS) is 17.9. The molecule has 158 valence electrons. The van der Waals surface area contributed by atoms with Gasteiger partial charge in [-0.25, -0.2) is 22.8 Å². The Kier molecular flexibility index (Phi) is 7.11. The Bertz CT molecular complexity index is 980. The van der Waals surface area contributed by atoms with Crippen molar-refractivity contribution in [2.24, 2.45) is 0 Å². The first-order valence-corrected chi connectivity index (χ1v) is 12.0. The van der Waals surface area contributed by atoms with Crippen molar-refractivity contribution in [2.75, 3.05) is 18.8 Å². The van der Waals surface area contributed by atoms with E-state index in [1.54, 1.807) is 0 Å². The van der Waals surface area contributed by atoms with Crippen molar-refractivity contribution in [3.8, 4) is 0 Å². The van der Waals surface area contributed by atoms with Gasteiger partial charge in [-0.15, -0.1) is 0 Å². The summed E-state index contributed by atoms with van der Waals surface area (Å²) in [4.78, 5) is 39.5. The summed E-state index contributed by atoms with van der Waals surface area (Å²) in [6.45, 7) is -1.12. The average molecular weight is 464 g/mol. The predicted molar refractivity (Wildman–Crippen MR) is 90.7 cm³/mol. The molecule has 0 spiro atoms. The summed E-state index contributed by atoms with van der Waals surface area (Å²) in [6, 6.07) is 1.49. The minimum absolute atomic E-state index is 0.147. The number of alkyl halides is 1. The Morgan fingerprint density at radius 1 is 1.21 bits per heavy atom. The topological polar surface area (TPSA) is 216 Å². The zero-order chi connectivity index (χ0) is 21.2. The van der Waals surface area contributed by atoms with Crippen LogP contribution in [0.2, 0.25) is 0 Å². The highest BCUT2D eigenvalue weighted by atomic mass is 31.3. The standard InChI is InChI=1S/C10H16FN4O10P3/c11-4-8(3-7-5-14-15-9(12)1-2-13-10(7)15)23-6-26(16,17)24-28(21,22)25-27(18,19)20/h1-2,5,8H,3-4,6,12H2,(H,16,17)(H,21,22)(H2,18,19,20). The second-order valence-corrected chi connectivity index (χ2v) is 10.1. The first kappa shape index (κ1) is 23.0. The van der Waals surface area contributed by atoms with Crippen LogP contribution in [-0.4, -0.2) is 53.3 Å². The first-order chi connectivity index (χ1) is 12.8. The van der Waals surface area contributed by atoms with Crippen LogP contribution in [0.3, 0.4) is 0 Å². The SMILES string of the molecule is Nc1ccnc2c(CC(CF)OCP(=O)(O)OP(=O)(O)OP(=O)(O)O)cnn12. The molecule has 3 atom stereocenters. The third-order valence-electron chi connectivity index (χ3n) is 3.04. The van der Waals surface area contributed by atoms with Gasteiger partial charge in [0.1, 0.15) is 18.8 Å². The van der Waals surface area contributed by atoms with Crippen LogP contribution in [-0.2, 0) is 33.5 Å². The highest BCUT2D eigenvalue weighted by Gasteiger charge is 2.40. The van der Waals surface area contributed by atoms with E-state index in [-0.39, 0.29) is 12.2 Å². The number of phosphoric acid groups is 2. The summed E-state index contributed by atoms with van der Waals surface area (Å²) in [6.07, 6.45) is 0.0466. The lowest BCUT2D eigenvalue weighted by Crippen LogP contribution is -2.19. The van der Waals surface area contributed by atoms with Gasteiger partial charge in [-0.05, 0) is 6.07 Å². The molecule has 14 nitrogen and oxygen atoms in total. The van der Waals surface area contributed by atoms with E-state index in [9.17, 15) is 23.0 Å². The quantitative estimate of drug-likeness (QED) is 0.304. The summed E-state index contributed by atoms with van der Waals surface area (Å²) >= 11 is 0. The molecule has 0 saturated carbocycles. The molecule has 2 aromatic heterocycles. The van der Waals surface area contributed by atoms with Crippen LogP contribution in [0, 0.1) is 0 Å². The Morgan fingerprint density at radius 2 is 1.89 bits per heavy atom. The van der Waals surface area contributed by atoms with E-state index in [1.165, 1.54) is 23.0 Å². The van der Waals surface area contributed by atoms with Gasteiger partial charge in [0.25, 0.3) is 0 Å². The molecule has 18 heteroatoms. The smallest absolute Gasteiger partial charge is 0.384 e. The van der Waals surface area contributed by atoms with E-state index in [2.05, 4.69) is 18.7 Å². The molecule has 0 aliphatic carbocycles. The number of anilines is 1. The van der Waals surface area contributed by atoms with Gasteiger partial charge in [-0.2, -0.15) is 13.9 Å². The van der Waals surface area contributed by atoms with E-state index in [0.717, 1.165) is 0 Å². The van der Waals surface area contributed by atoms with Crippen molar-refractivity contribution < 1.29 is 51.0 Å². The number of hydrogen-bond donors (Lipinski definition) is 5. The lowest BCUT2D eigenvalue weighted by Gasteiger charge is -2.19. The van der Waals surface area contributed by atoms with Gasteiger partial charge in [0.2, 0.25) is 0 Å². The number of ether oxygens (including phenoxy) is 1. The van der Waals surface area contributed by atoms with Crippen molar-refractivity contribution in [1.29, 1.82) is 0 Å². The summed E-state index contributed by atoms with van der Waals surface area (Å²) in [5, 5.41) is 3.96. The van der Waals surface area contributed by atoms with Gasteiger partial charge < -0.3 is 30.0 Å². The first-order valence-electron chi connectivity index (χ1n) is 7.19. The van der Waals surface area contributed by atoms with Crippen molar-refractivity contribution in [2.45, 2.75) is 12.5 Å². The molecule has 2 aromatic rings. The van der Waals surface area contributed by atoms with Crippen molar-refractivity contribution in [1.82, 2.24) is 14.6 Å². The molecule has 2 rings (SSSR count). The van der Waals surface area contributed by atoms with Gasteiger partial charge in [-0.1, -0.05) is 0 Å². The number of halogens is 1. The van der Waals surface area contributed by atoms with Crippen molar-refractivity contribution in [3.05, 3.63) is 24.0 Å². The maximum absolute atomic E-state index is 13.2. The van der Waals surface area contributed by atoms with E-state index >= 15 is 0 Å². The zero-order valence-electron chi connectivity index (χ0n) is 13.8. The van der Waals surface area contributed by atoms with E-state index < -0.39 is 42.4 Å². The van der Waals surface area contributed by atoms with Gasteiger partial charge in [0, 0.05) is 18.2 Å². The predicted octanol–water partition coefficient (Wildman–Crippen LogP) is 0.578. The third-order valence-corrected chi connectivity index (χ3v) is 7.03. The molecular formula is C10H16FN4O10P3. The van der Waals surface area contributed by atoms with Crippen LogP contribution in [0.1, 0.15) is 5.56 Å². The lowest BCUT2D eigenvalue weighted by molar-refractivity contribution is 0.0560. The Morgan fingerprint density at radius 3 is 2.50 bits per heavy atom. The highest BCUT2D eigenvalue weighted by molar-refractivity contribution is 7.68. The summed E-state index contributed by atoms with van der Waals surface area (Å²) in [5.74, 6) is 0.269. The van der Waals surface area contributed by atoms with Crippen LogP contribution in [0.25, 0.3) is 5.65 Å². The molecule has 0 radical (unpaired) electrons. The summed E-state index contributed by atoms with van der Waals surface area (Å²) < 4.78 is 60.3. The fraction of sp³-hybridized carbons (Fsp3) is 0.400. The van der Waals surface area contributed by atoms with E-state index in [0.29, 0.717) is 11.2 Å². The number of nitrogens with zero attached hydrogens (tertiary/aromatic N) is 3. The highest BCUT2D eigenvalue weighted by Crippen LogP contribution is 2.65. The molecular weight excluding hydrogens is 448 g/mol. The number of nitrogen functional groups attached to an aromatic ring is 1. The number of hydrogen-bond acceptors (Lipinski definition) is 9. The van der Waals surface area contributed by atoms with Crippen LogP contribution in [0.4, 0.5) is 10.2 Å². The van der Waals surface area contributed by atoms with Gasteiger partial charge in [0.15, 0.2) is 5.65 Å². The number of aromatic nitrogens is 3. The summed E-state index contributed by atoms with van der Waals surface area (Å²) in [5.41, 5.74) is 6.41. The minimum atomic E-state index is -5.59. The van der Waals surface area contributed by atoms with Crippen LogP contribution < -0.4 is 5.73 Å². The van der Waals surface area contributed by atoms with Crippen LogP contribution in [0.5, 0.6) is 0 Å². The largest absolute Gasteiger partial charge is 0.488 e. The van der Waals surface area contributed by atoms with Crippen LogP contribution in [0.15, 0.2) is 18.5 Å². The number of fused-ring (bicyclic) bond motifs is 1. The lowest BCUT2D eigenvalue weighted by atomic mass is 10.1. The maximum Gasteiger partial charge on any atom is 0.488 e. The minimum Gasteiger partial charge on any atom is -0.384 e. The van der Waals surface area contributed by atoms with E-state index in [1.807, 2.05) is 0 Å². The molecule has 0 aromatic carbocycles. The molecule has 0 saturated heterocycles. The van der Waals surface area contributed by atoms with Crippen molar-refractivity contribution >= 4 is 34.7 Å². The molecule has 6 N–H and O–H groups in total. The average Bonchev–Trinajstić information content (AvgIpc) is 2.92. The maximum atomic E-state index is 13.2. The Hall–Kier alpha value is -1.24. The van der Waals surface area contributed by atoms with Gasteiger partial charge >= 0.3 is 23.2 Å². The molecule has 0 bridgehead atoms. The molecule has 0 aliphatic heterocycles. The fourth-order valence-electron chi connectivity index (χ4n) is 2.04. The van der Waals surface area contributed by atoms with Gasteiger partial charge in [-0.3, -0.25) is 4.57 Å². The molecule has 0 aliphatic rings. The third kappa shape index (κ3) is 6.68. The summed E-state index contributed by atoms with van der Waals surface area (Å²) in [7, 11) is -16.1. The number of nitrogens with two attached hydrogens (primary N) is 1. The number of rotatable bonds is 10. The molecule has 0 amide bonds. The van der Waals surface area contributed by atoms with Gasteiger partial charge in [0.05, 0.1) is 12.3 Å². The second kappa shape index (κ2) is 8.64. The molecule has 0 fully saturated rings. The monoisotopic (exact) mass is 464 g/mol. The van der Waals surface area contributed by atoms with Crippen LogP contribution >= 0.6 is 23.2 Å². The van der Waals surface area contributed by atoms with E-state index in [4.69, 9.17) is 25.2 Å². The Balaban J connectivity index is 2.02. The Labute approximate surface area is 156 Å². The molecule has 3 unspecified atom stereocenters. The zero-order valence-corrected chi connectivity index (χ0v) is 16.5. The fourth-order valence-corrected chi connectivity index (χ4v) is 5.38. The van der Waals surface area contributed by atoms with Crippen molar-refractivity contribution in [3.63, 3.8) is 0 Å². The molecule has 2 heterocycles. The molecule has 28 heavy (non-hydrogen) atoms. The second-order valence-electron chi connectivity index (χ2n) is 5.31.